The molecule has 1 aliphatic rings. The molecule has 2 heterocycles. The molecular formula is C18H25NO2. The zero-order chi connectivity index (χ0) is 15.2. The van der Waals surface area contributed by atoms with Gasteiger partial charge in [-0.2, -0.15) is 0 Å². The molecule has 3 heteroatoms. The van der Waals surface area contributed by atoms with Crippen molar-refractivity contribution in [1.82, 2.24) is 5.32 Å². The maximum atomic E-state index is 6.19. The van der Waals surface area contributed by atoms with Crippen LogP contribution >= 0.6 is 0 Å². The van der Waals surface area contributed by atoms with Gasteiger partial charge in [0.05, 0.1) is 6.54 Å². The summed E-state index contributed by atoms with van der Waals surface area (Å²) in [6.07, 6.45) is 1.92. The highest BCUT2D eigenvalue weighted by Crippen LogP contribution is 2.43. The predicted molar refractivity (Wildman–Crippen MR) is 86.0 cm³/mol. The van der Waals surface area contributed by atoms with Crippen molar-refractivity contribution in [3.05, 3.63) is 29.0 Å². The van der Waals surface area contributed by atoms with Gasteiger partial charge in [0.25, 0.3) is 0 Å². The van der Waals surface area contributed by atoms with Crippen molar-refractivity contribution in [3.63, 3.8) is 0 Å². The van der Waals surface area contributed by atoms with Gasteiger partial charge in [-0.1, -0.05) is 32.9 Å². The molecule has 3 rings (SSSR count). The van der Waals surface area contributed by atoms with Gasteiger partial charge in [-0.3, -0.25) is 0 Å². The summed E-state index contributed by atoms with van der Waals surface area (Å²) >= 11 is 0. The van der Waals surface area contributed by atoms with Gasteiger partial charge in [0, 0.05) is 29.0 Å². The monoisotopic (exact) mass is 287 g/mol. The number of furan rings is 1. The molecule has 0 unspecified atom stereocenters. The van der Waals surface area contributed by atoms with Crippen molar-refractivity contribution >= 4 is 11.0 Å². The molecule has 21 heavy (non-hydrogen) atoms. The number of ether oxygens (including phenoxy) is 1. The first-order chi connectivity index (χ1) is 9.91. The summed E-state index contributed by atoms with van der Waals surface area (Å²) in [6.45, 7) is 11.5. The largest absolute Gasteiger partial charge is 0.483 e. The summed E-state index contributed by atoms with van der Waals surface area (Å²) in [6, 6.07) is 4.84. The summed E-state index contributed by atoms with van der Waals surface area (Å²) < 4.78 is 12.3. The van der Waals surface area contributed by atoms with Crippen LogP contribution in [0.2, 0.25) is 0 Å². The fourth-order valence-corrected chi connectivity index (χ4v) is 3.13. The topological polar surface area (TPSA) is 34.4 Å². The van der Waals surface area contributed by atoms with Crippen molar-refractivity contribution in [2.24, 2.45) is 0 Å². The molecular weight excluding hydrogens is 262 g/mol. The van der Waals surface area contributed by atoms with E-state index in [1.54, 1.807) is 0 Å². The van der Waals surface area contributed by atoms with Crippen LogP contribution in [0.4, 0.5) is 0 Å². The molecule has 2 aromatic rings. The van der Waals surface area contributed by atoms with E-state index in [-0.39, 0.29) is 5.60 Å². The third kappa shape index (κ3) is 2.55. The fraction of sp³-hybridized carbons (Fsp3) is 0.556. The standard InChI is InChI=1S/C18H25NO2/c1-6-13-14-8-7-12-9-18(4,5)21-16(12)17(14)20-15(13)10-19-11(2)3/h7-8,11,19H,6,9-10H2,1-5H3. The Hall–Kier alpha value is -1.48. The molecule has 0 saturated carbocycles. The highest BCUT2D eigenvalue weighted by molar-refractivity contribution is 5.89. The molecule has 1 N–H and O–H groups in total. The molecule has 0 spiro atoms. The number of hydrogen-bond donors (Lipinski definition) is 1. The Labute approximate surface area is 126 Å². The van der Waals surface area contributed by atoms with Crippen molar-refractivity contribution in [3.8, 4) is 5.75 Å². The van der Waals surface area contributed by atoms with E-state index in [4.69, 9.17) is 9.15 Å². The lowest BCUT2D eigenvalue weighted by Crippen LogP contribution is -2.24. The zero-order valence-corrected chi connectivity index (χ0v) is 13.7. The lowest BCUT2D eigenvalue weighted by atomic mass is 10.00. The van der Waals surface area contributed by atoms with Crippen molar-refractivity contribution in [2.45, 2.75) is 65.6 Å². The van der Waals surface area contributed by atoms with Crippen LogP contribution in [-0.4, -0.2) is 11.6 Å². The van der Waals surface area contributed by atoms with E-state index in [9.17, 15) is 0 Å². The quantitative estimate of drug-likeness (QED) is 0.915. The number of hydrogen-bond acceptors (Lipinski definition) is 3. The molecule has 0 aliphatic carbocycles. The average molecular weight is 287 g/mol. The molecule has 0 atom stereocenters. The van der Waals surface area contributed by atoms with Gasteiger partial charge in [0.2, 0.25) is 0 Å². The van der Waals surface area contributed by atoms with Crippen LogP contribution in [0.15, 0.2) is 16.5 Å². The van der Waals surface area contributed by atoms with Gasteiger partial charge in [-0.15, -0.1) is 0 Å². The van der Waals surface area contributed by atoms with Crippen LogP contribution in [0.1, 0.15) is 51.5 Å². The van der Waals surface area contributed by atoms with Crippen LogP contribution in [0.3, 0.4) is 0 Å². The molecule has 1 aromatic heterocycles. The molecule has 0 amide bonds. The molecule has 1 aliphatic heterocycles. The Morgan fingerprint density at radius 1 is 1.29 bits per heavy atom. The Morgan fingerprint density at radius 2 is 2.05 bits per heavy atom. The molecule has 0 fully saturated rings. The smallest absolute Gasteiger partial charge is 0.176 e. The lowest BCUT2D eigenvalue weighted by Gasteiger charge is -2.16. The summed E-state index contributed by atoms with van der Waals surface area (Å²) in [5, 5.41) is 4.65. The average Bonchev–Trinajstić information content (AvgIpc) is 2.91. The Balaban J connectivity index is 2.08. The normalized spacial score (nSPS) is 16.5. The number of rotatable bonds is 4. The van der Waals surface area contributed by atoms with Gasteiger partial charge in [0.1, 0.15) is 11.4 Å². The third-order valence-electron chi connectivity index (χ3n) is 4.10. The maximum absolute atomic E-state index is 6.19. The molecule has 0 radical (unpaired) electrons. The molecule has 3 nitrogen and oxygen atoms in total. The van der Waals surface area contributed by atoms with E-state index in [1.165, 1.54) is 16.5 Å². The second-order valence-corrected chi connectivity index (χ2v) is 6.86. The number of aryl methyl sites for hydroxylation is 1. The Morgan fingerprint density at radius 3 is 2.71 bits per heavy atom. The highest BCUT2D eigenvalue weighted by Gasteiger charge is 2.33. The van der Waals surface area contributed by atoms with Gasteiger partial charge in [-0.25, -0.2) is 0 Å². The van der Waals surface area contributed by atoms with Crippen molar-refractivity contribution < 1.29 is 9.15 Å². The maximum Gasteiger partial charge on any atom is 0.176 e. The van der Waals surface area contributed by atoms with Crippen LogP contribution in [-0.2, 0) is 19.4 Å². The number of fused-ring (bicyclic) bond motifs is 3. The van der Waals surface area contributed by atoms with E-state index in [2.05, 4.69) is 52.1 Å². The fourth-order valence-electron chi connectivity index (χ4n) is 3.13. The first-order valence-electron chi connectivity index (χ1n) is 7.90. The van der Waals surface area contributed by atoms with E-state index in [0.29, 0.717) is 6.04 Å². The Bertz CT molecular complexity index is 667. The van der Waals surface area contributed by atoms with E-state index in [0.717, 1.165) is 36.5 Å². The summed E-state index contributed by atoms with van der Waals surface area (Å²) in [5.74, 6) is 1.99. The van der Waals surface area contributed by atoms with Gasteiger partial charge in [-0.05, 0) is 20.3 Å². The molecule has 1 aromatic carbocycles. The molecule has 0 saturated heterocycles. The van der Waals surface area contributed by atoms with E-state index >= 15 is 0 Å². The first-order valence-corrected chi connectivity index (χ1v) is 7.90. The van der Waals surface area contributed by atoms with Gasteiger partial charge >= 0.3 is 0 Å². The van der Waals surface area contributed by atoms with Crippen molar-refractivity contribution in [1.29, 1.82) is 0 Å². The predicted octanol–water partition coefficient (Wildman–Crippen LogP) is 4.21. The Kier molecular flexibility index (Phi) is 3.48. The SMILES string of the molecule is CCc1c(CNC(C)C)oc2c3c(ccc12)CC(C)(C)O3. The van der Waals surface area contributed by atoms with Crippen LogP contribution in [0.25, 0.3) is 11.0 Å². The lowest BCUT2D eigenvalue weighted by molar-refractivity contribution is 0.138. The van der Waals surface area contributed by atoms with Crippen LogP contribution in [0, 0.1) is 0 Å². The number of benzene rings is 1. The third-order valence-corrected chi connectivity index (χ3v) is 4.10. The second kappa shape index (κ2) is 5.06. The van der Waals surface area contributed by atoms with E-state index < -0.39 is 0 Å². The van der Waals surface area contributed by atoms with Crippen LogP contribution < -0.4 is 10.1 Å². The van der Waals surface area contributed by atoms with Gasteiger partial charge < -0.3 is 14.5 Å². The second-order valence-electron chi connectivity index (χ2n) is 6.86. The number of nitrogens with one attached hydrogen (secondary N) is 1. The summed E-state index contributed by atoms with van der Waals surface area (Å²) in [5.41, 5.74) is 3.35. The molecule has 0 bridgehead atoms. The minimum absolute atomic E-state index is 0.133. The minimum atomic E-state index is -0.133. The summed E-state index contributed by atoms with van der Waals surface area (Å²) in [7, 11) is 0. The highest BCUT2D eigenvalue weighted by atomic mass is 16.5. The summed E-state index contributed by atoms with van der Waals surface area (Å²) in [4.78, 5) is 0. The zero-order valence-electron chi connectivity index (χ0n) is 13.7. The van der Waals surface area contributed by atoms with Crippen molar-refractivity contribution in [2.75, 3.05) is 0 Å². The minimum Gasteiger partial charge on any atom is -0.483 e. The molecule has 114 valence electrons. The first kappa shape index (κ1) is 14.5. The van der Waals surface area contributed by atoms with Gasteiger partial charge in [0.15, 0.2) is 11.3 Å². The van der Waals surface area contributed by atoms with E-state index in [1.807, 2.05) is 0 Å². The van der Waals surface area contributed by atoms with Crippen LogP contribution in [0.5, 0.6) is 5.75 Å².